The molecule has 0 amide bonds. The van der Waals surface area contributed by atoms with Gasteiger partial charge in [0.1, 0.15) is 5.01 Å². The van der Waals surface area contributed by atoms with E-state index in [0.29, 0.717) is 16.6 Å². The molecule has 5 heteroatoms. The molecule has 3 rings (SSSR count). The summed E-state index contributed by atoms with van der Waals surface area (Å²) in [6.07, 6.45) is 0. The van der Waals surface area contributed by atoms with E-state index in [1.807, 2.05) is 30.3 Å². The minimum absolute atomic E-state index is 0.114. The molecule has 1 heterocycles. The highest BCUT2D eigenvalue weighted by molar-refractivity contribution is 7.18. The third-order valence-corrected chi connectivity index (χ3v) is 5.22. The number of nitrogens with zero attached hydrogens (tertiary/aromatic N) is 1. The first kappa shape index (κ1) is 14.8. The predicted molar refractivity (Wildman–Crippen MR) is 91.3 cm³/mol. The SMILES string of the molecule is CC(NCc1nc2ccccc2s1)c1cccc(Cl)c1Cl. The van der Waals surface area contributed by atoms with Gasteiger partial charge in [0, 0.05) is 12.6 Å². The average Bonchev–Trinajstić information content (AvgIpc) is 2.90. The Bertz CT molecular complexity index is 737. The second-order valence-corrected chi connectivity index (χ2v) is 6.72. The Morgan fingerprint density at radius 3 is 2.76 bits per heavy atom. The molecule has 0 fully saturated rings. The van der Waals surface area contributed by atoms with Crippen LogP contribution in [-0.2, 0) is 6.54 Å². The van der Waals surface area contributed by atoms with Gasteiger partial charge >= 0.3 is 0 Å². The van der Waals surface area contributed by atoms with E-state index in [4.69, 9.17) is 23.2 Å². The zero-order valence-electron chi connectivity index (χ0n) is 11.4. The molecule has 1 aromatic heterocycles. The molecule has 1 atom stereocenters. The van der Waals surface area contributed by atoms with Crippen molar-refractivity contribution in [1.29, 1.82) is 0 Å². The summed E-state index contributed by atoms with van der Waals surface area (Å²) in [7, 11) is 0. The first-order chi connectivity index (χ1) is 10.1. The topological polar surface area (TPSA) is 24.9 Å². The lowest BCUT2D eigenvalue weighted by Crippen LogP contribution is -2.18. The normalized spacial score (nSPS) is 12.7. The van der Waals surface area contributed by atoms with Crippen LogP contribution in [0.15, 0.2) is 42.5 Å². The third-order valence-electron chi connectivity index (χ3n) is 3.35. The van der Waals surface area contributed by atoms with Crippen LogP contribution in [-0.4, -0.2) is 4.98 Å². The molecule has 1 unspecified atom stereocenters. The molecule has 0 bridgehead atoms. The Morgan fingerprint density at radius 1 is 1.14 bits per heavy atom. The van der Waals surface area contributed by atoms with Crippen molar-refractivity contribution in [3.8, 4) is 0 Å². The molecular weight excluding hydrogens is 323 g/mol. The van der Waals surface area contributed by atoms with Crippen molar-refractivity contribution in [3.05, 3.63) is 63.1 Å². The zero-order chi connectivity index (χ0) is 14.8. The minimum Gasteiger partial charge on any atom is -0.304 e. The Balaban J connectivity index is 1.73. The van der Waals surface area contributed by atoms with E-state index >= 15 is 0 Å². The lowest BCUT2D eigenvalue weighted by Gasteiger charge is -2.15. The second kappa shape index (κ2) is 6.32. The fraction of sp³-hybridized carbons (Fsp3) is 0.188. The van der Waals surface area contributed by atoms with E-state index in [1.54, 1.807) is 17.4 Å². The van der Waals surface area contributed by atoms with Crippen molar-refractivity contribution in [1.82, 2.24) is 10.3 Å². The quantitative estimate of drug-likeness (QED) is 0.684. The number of fused-ring (bicyclic) bond motifs is 1. The summed E-state index contributed by atoms with van der Waals surface area (Å²) in [5.41, 5.74) is 2.05. The highest BCUT2D eigenvalue weighted by atomic mass is 35.5. The van der Waals surface area contributed by atoms with Crippen molar-refractivity contribution < 1.29 is 0 Å². The molecule has 0 radical (unpaired) electrons. The van der Waals surface area contributed by atoms with Gasteiger partial charge in [-0.2, -0.15) is 0 Å². The van der Waals surface area contributed by atoms with Crippen LogP contribution in [0.25, 0.3) is 10.2 Å². The van der Waals surface area contributed by atoms with E-state index in [0.717, 1.165) is 16.1 Å². The van der Waals surface area contributed by atoms with E-state index in [1.165, 1.54) is 4.70 Å². The average molecular weight is 337 g/mol. The van der Waals surface area contributed by atoms with E-state index < -0.39 is 0 Å². The highest BCUT2D eigenvalue weighted by Crippen LogP contribution is 2.30. The van der Waals surface area contributed by atoms with E-state index in [2.05, 4.69) is 23.3 Å². The first-order valence-electron chi connectivity index (χ1n) is 6.67. The molecule has 0 aliphatic heterocycles. The monoisotopic (exact) mass is 336 g/mol. The van der Waals surface area contributed by atoms with Crippen LogP contribution in [0, 0.1) is 0 Å². The fourth-order valence-corrected chi connectivity index (χ4v) is 3.59. The fourth-order valence-electron chi connectivity index (χ4n) is 2.20. The van der Waals surface area contributed by atoms with Gasteiger partial charge in [-0.25, -0.2) is 4.98 Å². The van der Waals surface area contributed by atoms with Crippen molar-refractivity contribution >= 4 is 44.8 Å². The number of halogens is 2. The summed E-state index contributed by atoms with van der Waals surface area (Å²) in [4.78, 5) is 4.62. The maximum Gasteiger partial charge on any atom is 0.108 e. The number of para-hydroxylation sites is 1. The summed E-state index contributed by atoms with van der Waals surface area (Å²) in [5, 5.41) is 5.72. The maximum absolute atomic E-state index is 6.25. The smallest absolute Gasteiger partial charge is 0.108 e. The van der Waals surface area contributed by atoms with Crippen LogP contribution in [0.2, 0.25) is 10.0 Å². The van der Waals surface area contributed by atoms with E-state index in [9.17, 15) is 0 Å². The standard InChI is InChI=1S/C16H14Cl2N2S/c1-10(11-5-4-6-12(17)16(11)18)19-9-15-20-13-7-2-3-8-14(13)21-15/h2-8,10,19H,9H2,1H3. The van der Waals surface area contributed by atoms with Crippen LogP contribution in [0.5, 0.6) is 0 Å². The van der Waals surface area contributed by atoms with Gasteiger partial charge in [-0.15, -0.1) is 11.3 Å². The Hall–Kier alpha value is -1.13. The molecule has 0 aliphatic carbocycles. The summed E-state index contributed by atoms with van der Waals surface area (Å²) in [5.74, 6) is 0. The molecule has 0 saturated carbocycles. The van der Waals surface area contributed by atoms with Gasteiger partial charge in [-0.3, -0.25) is 0 Å². The molecule has 0 saturated heterocycles. The summed E-state index contributed by atoms with van der Waals surface area (Å²) in [6, 6.07) is 14.0. The number of aromatic nitrogens is 1. The van der Waals surface area contributed by atoms with Crippen LogP contribution in [0.1, 0.15) is 23.5 Å². The third kappa shape index (κ3) is 3.22. The molecule has 1 N–H and O–H groups in total. The number of hydrogen-bond donors (Lipinski definition) is 1. The lowest BCUT2D eigenvalue weighted by atomic mass is 10.1. The lowest BCUT2D eigenvalue weighted by molar-refractivity contribution is 0.574. The van der Waals surface area contributed by atoms with Crippen molar-refractivity contribution in [2.75, 3.05) is 0 Å². The Kier molecular flexibility index (Phi) is 4.45. The number of rotatable bonds is 4. The van der Waals surface area contributed by atoms with Gasteiger partial charge in [0.15, 0.2) is 0 Å². The molecule has 21 heavy (non-hydrogen) atoms. The largest absolute Gasteiger partial charge is 0.304 e. The molecule has 2 nitrogen and oxygen atoms in total. The predicted octanol–water partition coefficient (Wildman–Crippen LogP) is 5.45. The van der Waals surface area contributed by atoms with Gasteiger partial charge in [-0.05, 0) is 30.7 Å². The molecule has 0 aliphatic rings. The Labute approximate surface area is 137 Å². The molecule has 3 aromatic rings. The first-order valence-corrected chi connectivity index (χ1v) is 8.24. The van der Waals surface area contributed by atoms with Gasteiger partial charge in [0.05, 0.1) is 20.3 Å². The van der Waals surface area contributed by atoms with Crippen LogP contribution in [0.3, 0.4) is 0 Å². The van der Waals surface area contributed by atoms with Crippen LogP contribution in [0.4, 0.5) is 0 Å². The van der Waals surface area contributed by atoms with Crippen LogP contribution >= 0.6 is 34.5 Å². The van der Waals surface area contributed by atoms with Crippen molar-refractivity contribution in [3.63, 3.8) is 0 Å². The van der Waals surface area contributed by atoms with E-state index in [-0.39, 0.29) is 6.04 Å². The van der Waals surface area contributed by atoms with Gasteiger partial charge in [0.2, 0.25) is 0 Å². The Morgan fingerprint density at radius 2 is 1.95 bits per heavy atom. The number of nitrogens with one attached hydrogen (secondary N) is 1. The molecule has 2 aromatic carbocycles. The molecule has 0 spiro atoms. The highest BCUT2D eigenvalue weighted by Gasteiger charge is 2.12. The zero-order valence-corrected chi connectivity index (χ0v) is 13.8. The van der Waals surface area contributed by atoms with Gasteiger partial charge in [-0.1, -0.05) is 47.5 Å². The number of thiazole rings is 1. The minimum atomic E-state index is 0.114. The molecular formula is C16H14Cl2N2S. The van der Waals surface area contributed by atoms with Gasteiger partial charge in [0.25, 0.3) is 0 Å². The van der Waals surface area contributed by atoms with Crippen LogP contribution < -0.4 is 5.32 Å². The summed E-state index contributed by atoms with van der Waals surface area (Å²) < 4.78 is 1.21. The number of benzene rings is 2. The van der Waals surface area contributed by atoms with Crippen molar-refractivity contribution in [2.45, 2.75) is 19.5 Å². The van der Waals surface area contributed by atoms with Crippen molar-refractivity contribution in [2.24, 2.45) is 0 Å². The maximum atomic E-state index is 6.25. The number of hydrogen-bond acceptors (Lipinski definition) is 3. The second-order valence-electron chi connectivity index (χ2n) is 4.82. The summed E-state index contributed by atoms with van der Waals surface area (Å²) >= 11 is 14.0. The molecule has 108 valence electrons. The summed E-state index contributed by atoms with van der Waals surface area (Å²) in [6.45, 7) is 2.79. The van der Waals surface area contributed by atoms with Gasteiger partial charge < -0.3 is 5.32 Å².